The van der Waals surface area contributed by atoms with Crippen molar-refractivity contribution in [2.24, 2.45) is 0 Å². The summed E-state index contributed by atoms with van der Waals surface area (Å²) in [6, 6.07) is 7.01. The zero-order chi connectivity index (χ0) is 16.8. The van der Waals surface area contributed by atoms with Crippen LogP contribution in [0.15, 0.2) is 24.3 Å². The lowest BCUT2D eigenvalue weighted by Crippen LogP contribution is -2.35. The van der Waals surface area contributed by atoms with E-state index >= 15 is 0 Å². The van der Waals surface area contributed by atoms with Gasteiger partial charge in [0, 0.05) is 30.4 Å². The number of benzene rings is 1. The largest absolute Gasteiger partial charge is 0.376 e. The van der Waals surface area contributed by atoms with E-state index in [2.05, 4.69) is 16.0 Å². The third-order valence-electron chi connectivity index (χ3n) is 4.61. The fourth-order valence-electron chi connectivity index (χ4n) is 3.23. The molecule has 3 N–H and O–H groups in total. The minimum absolute atomic E-state index is 0.0451. The highest BCUT2D eigenvalue weighted by molar-refractivity contribution is 5.95. The molecule has 3 rings (SSSR count). The molecule has 24 heavy (non-hydrogen) atoms. The molecule has 1 saturated heterocycles. The topological polar surface area (TPSA) is 79.5 Å². The van der Waals surface area contributed by atoms with Crippen LogP contribution in [-0.4, -0.2) is 37.2 Å². The van der Waals surface area contributed by atoms with Crippen LogP contribution in [0.5, 0.6) is 0 Å². The van der Waals surface area contributed by atoms with Gasteiger partial charge in [-0.1, -0.05) is 12.8 Å². The number of carbonyl (C=O) groups excluding carboxylic acids is 2. The zero-order valence-electron chi connectivity index (χ0n) is 13.8. The molecule has 1 aliphatic carbocycles. The third-order valence-corrected chi connectivity index (χ3v) is 4.61. The second-order valence-electron chi connectivity index (χ2n) is 6.50. The monoisotopic (exact) mass is 331 g/mol. The van der Waals surface area contributed by atoms with Gasteiger partial charge in [0.25, 0.3) is 5.91 Å². The third kappa shape index (κ3) is 4.71. The van der Waals surface area contributed by atoms with Crippen LogP contribution in [0, 0.1) is 0 Å². The van der Waals surface area contributed by atoms with E-state index in [0.717, 1.165) is 32.3 Å². The molecule has 6 nitrogen and oxygen atoms in total. The fraction of sp³-hybridized carbons (Fsp3) is 0.556. The average molecular weight is 331 g/mol. The van der Waals surface area contributed by atoms with Crippen LogP contribution in [0.2, 0.25) is 0 Å². The second kappa shape index (κ2) is 8.15. The highest BCUT2D eigenvalue weighted by atomic mass is 16.5. The molecule has 1 aromatic rings. The first-order valence-corrected chi connectivity index (χ1v) is 8.78. The molecule has 1 aromatic carbocycles. The number of anilines is 1. The predicted molar refractivity (Wildman–Crippen MR) is 92.2 cm³/mol. The molecule has 6 heteroatoms. The van der Waals surface area contributed by atoms with Crippen LogP contribution in [-0.2, 0) is 4.74 Å². The normalized spacial score (nSPS) is 20.8. The van der Waals surface area contributed by atoms with Gasteiger partial charge in [0.05, 0.1) is 6.10 Å². The predicted octanol–water partition coefficient (Wildman–Crippen LogP) is 2.66. The number of ether oxygens (including phenoxy) is 1. The molecule has 0 aromatic heterocycles. The minimum Gasteiger partial charge on any atom is -0.376 e. The number of rotatable bonds is 5. The lowest BCUT2D eigenvalue weighted by Gasteiger charge is -2.13. The Labute approximate surface area is 142 Å². The molecule has 2 fully saturated rings. The van der Waals surface area contributed by atoms with E-state index in [1.54, 1.807) is 24.3 Å². The number of urea groups is 1. The summed E-state index contributed by atoms with van der Waals surface area (Å²) < 4.78 is 5.46. The van der Waals surface area contributed by atoms with Crippen molar-refractivity contribution in [1.82, 2.24) is 10.6 Å². The number of hydrogen-bond donors (Lipinski definition) is 3. The van der Waals surface area contributed by atoms with Crippen LogP contribution in [0.3, 0.4) is 0 Å². The highest BCUT2D eigenvalue weighted by Crippen LogP contribution is 2.18. The summed E-state index contributed by atoms with van der Waals surface area (Å²) >= 11 is 0. The Bertz CT molecular complexity index is 561. The summed E-state index contributed by atoms with van der Waals surface area (Å²) in [5.41, 5.74) is 1.28. The first-order valence-electron chi connectivity index (χ1n) is 8.78. The molecule has 0 radical (unpaired) electrons. The van der Waals surface area contributed by atoms with Gasteiger partial charge >= 0.3 is 6.03 Å². The van der Waals surface area contributed by atoms with Gasteiger partial charge < -0.3 is 20.7 Å². The molecule has 0 spiro atoms. The Morgan fingerprint density at radius 1 is 1.04 bits per heavy atom. The first-order chi connectivity index (χ1) is 11.7. The van der Waals surface area contributed by atoms with Gasteiger partial charge in [0.15, 0.2) is 0 Å². The zero-order valence-corrected chi connectivity index (χ0v) is 13.8. The first kappa shape index (κ1) is 16.8. The number of nitrogens with one attached hydrogen (secondary N) is 3. The van der Waals surface area contributed by atoms with Gasteiger partial charge in [0.1, 0.15) is 0 Å². The van der Waals surface area contributed by atoms with E-state index in [1.165, 1.54) is 12.8 Å². The van der Waals surface area contributed by atoms with E-state index in [1.807, 2.05) is 0 Å². The molecular weight excluding hydrogens is 306 g/mol. The van der Waals surface area contributed by atoms with Gasteiger partial charge in [-0.05, 0) is 49.9 Å². The molecule has 1 heterocycles. The smallest absolute Gasteiger partial charge is 0.319 e. The van der Waals surface area contributed by atoms with Gasteiger partial charge in [0.2, 0.25) is 0 Å². The summed E-state index contributed by atoms with van der Waals surface area (Å²) in [5, 5.41) is 8.63. The molecule has 1 saturated carbocycles. The average Bonchev–Trinajstić information content (AvgIpc) is 3.27. The second-order valence-corrected chi connectivity index (χ2v) is 6.50. The van der Waals surface area contributed by atoms with Gasteiger partial charge in [-0.2, -0.15) is 0 Å². The fourth-order valence-corrected chi connectivity index (χ4v) is 3.23. The lowest BCUT2D eigenvalue weighted by atomic mass is 10.1. The highest BCUT2D eigenvalue weighted by Gasteiger charge is 2.18. The molecule has 1 aliphatic heterocycles. The number of amides is 3. The molecule has 1 atom stereocenters. The summed E-state index contributed by atoms with van der Waals surface area (Å²) in [6.45, 7) is 1.30. The SMILES string of the molecule is O=C(NCC1CCCO1)Nc1ccc(C(=O)NC2CCCC2)cc1. The molecule has 1 unspecified atom stereocenters. The van der Waals surface area contributed by atoms with Crippen molar-refractivity contribution in [2.45, 2.75) is 50.7 Å². The maximum Gasteiger partial charge on any atom is 0.319 e. The Hall–Kier alpha value is -2.08. The van der Waals surface area contributed by atoms with Crippen molar-refractivity contribution in [2.75, 3.05) is 18.5 Å². The standard InChI is InChI=1S/C18H25N3O3/c22-17(20-14-4-1-2-5-14)13-7-9-15(10-8-13)21-18(23)19-12-16-6-3-11-24-16/h7-10,14,16H,1-6,11-12H2,(H,20,22)(H2,19,21,23). The quantitative estimate of drug-likeness (QED) is 0.776. The van der Waals surface area contributed by atoms with Crippen LogP contribution >= 0.6 is 0 Å². The molecule has 0 bridgehead atoms. The van der Waals surface area contributed by atoms with Gasteiger partial charge in [-0.15, -0.1) is 0 Å². The van der Waals surface area contributed by atoms with E-state index in [0.29, 0.717) is 23.8 Å². The van der Waals surface area contributed by atoms with Crippen molar-refractivity contribution in [3.63, 3.8) is 0 Å². The van der Waals surface area contributed by atoms with Gasteiger partial charge in [-0.3, -0.25) is 4.79 Å². The van der Waals surface area contributed by atoms with Crippen LogP contribution in [0.4, 0.5) is 10.5 Å². The van der Waals surface area contributed by atoms with Crippen molar-refractivity contribution < 1.29 is 14.3 Å². The van der Waals surface area contributed by atoms with E-state index in [4.69, 9.17) is 4.74 Å². The summed E-state index contributed by atoms with van der Waals surface area (Å²) in [4.78, 5) is 24.0. The van der Waals surface area contributed by atoms with Crippen molar-refractivity contribution in [3.8, 4) is 0 Å². The van der Waals surface area contributed by atoms with E-state index in [9.17, 15) is 9.59 Å². The Balaban J connectivity index is 1.44. The molecule has 2 aliphatic rings. The van der Waals surface area contributed by atoms with Crippen LogP contribution < -0.4 is 16.0 Å². The van der Waals surface area contributed by atoms with E-state index in [-0.39, 0.29) is 18.0 Å². The van der Waals surface area contributed by atoms with Crippen LogP contribution in [0.1, 0.15) is 48.9 Å². The number of carbonyl (C=O) groups is 2. The molecule has 130 valence electrons. The number of hydrogen-bond acceptors (Lipinski definition) is 3. The van der Waals surface area contributed by atoms with E-state index < -0.39 is 0 Å². The van der Waals surface area contributed by atoms with Gasteiger partial charge in [-0.25, -0.2) is 4.79 Å². The van der Waals surface area contributed by atoms with Crippen molar-refractivity contribution >= 4 is 17.6 Å². The summed E-state index contributed by atoms with van der Waals surface area (Å²) in [7, 11) is 0. The Morgan fingerprint density at radius 3 is 2.46 bits per heavy atom. The maximum absolute atomic E-state index is 12.2. The minimum atomic E-state index is -0.256. The molecule has 3 amide bonds. The summed E-state index contributed by atoms with van der Waals surface area (Å²) in [5.74, 6) is -0.0451. The van der Waals surface area contributed by atoms with Crippen molar-refractivity contribution in [1.29, 1.82) is 0 Å². The maximum atomic E-state index is 12.2. The van der Waals surface area contributed by atoms with Crippen LogP contribution in [0.25, 0.3) is 0 Å². The Morgan fingerprint density at radius 2 is 1.79 bits per heavy atom. The summed E-state index contributed by atoms with van der Waals surface area (Å²) in [6.07, 6.45) is 6.68. The molecular formula is C18H25N3O3. The van der Waals surface area contributed by atoms with Crippen molar-refractivity contribution in [3.05, 3.63) is 29.8 Å². The Kier molecular flexibility index (Phi) is 5.69. The lowest BCUT2D eigenvalue weighted by molar-refractivity contribution is 0.0938.